The first-order chi connectivity index (χ1) is 14.8. The van der Waals surface area contributed by atoms with Crippen molar-refractivity contribution in [1.82, 2.24) is 9.97 Å². The monoisotopic (exact) mass is 418 g/mol. The Hall–Kier alpha value is -3.67. The van der Waals surface area contributed by atoms with Crippen molar-refractivity contribution >= 4 is 22.1 Å². The molecule has 0 aliphatic heterocycles. The lowest BCUT2D eigenvalue weighted by Crippen LogP contribution is -2.05. The van der Waals surface area contributed by atoms with Gasteiger partial charge in [-0.2, -0.15) is 13.2 Å². The molecule has 0 N–H and O–H groups in total. The second kappa shape index (κ2) is 6.94. The van der Waals surface area contributed by atoms with Gasteiger partial charge in [0, 0.05) is 28.1 Å². The Bertz CT molecular complexity index is 1430. The van der Waals surface area contributed by atoms with Gasteiger partial charge in [-0.05, 0) is 55.3 Å². The van der Waals surface area contributed by atoms with Crippen LogP contribution in [0.15, 0.2) is 71.3 Å². The molecule has 0 saturated carbocycles. The lowest BCUT2D eigenvalue weighted by atomic mass is 9.99. The molecule has 154 valence electrons. The summed E-state index contributed by atoms with van der Waals surface area (Å²) in [6.45, 7) is 4.06. The minimum Gasteiger partial charge on any atom is -0.437 e. The van der Waals surface area contributed by atoms with Gasteiger partial charge in [-0.3, -0.25) is 4.98 Å². The second-order valence-electron chi connectivity index (χ2n) is 7.53. The smallest absolute Gasteiger partial charge is 0.416 e. The summed E-state index contributed by atoms with van der Waals surface area (Å²) >= 11 is 0. The second-order valence-corrected chi connectivity index (χ2v) is 7.53. The predicted octanol–water partition coefficient (Wildman–Crippen LogP) is 7.35. The molecule has 3 aromatic heterocycles. The first-order valence-corrected chi connectivity index (χ1v) is 9.75. The number of aromatic nitrogens is 2. The number of pyridine rings is 2. The number of alkyl halides is 3. The van der Waals surface area contributed by atoms with E-state index in [1.807, 2.05) is 50.2 Å². The van der Waals surface area contributed by atoms with Gasteiger partial charge in [-0.1, -0.05) is 30.3 Å². The third kappa shape index (κ3) is 3.24. The molecule has 6 heteroatoms. The maximum atomic E-state index is 13.2. The first kappa shape index (κ1) is 19.3. The van der Waals surface area contributed by atoms with E-state index in [0.717, 1.165) is 51.5 Å². The van der Waals surface area contributed by atoms with E-state index in [2.05, 4.69) is 4.98 Å². The van der Waals surface area contributed by atoms with E-state index in [1.165, 1.54) is 0 Å². The van der Waals surface area contributed by atoms with Crippen molar-refractivity contribution in [2.75, 3.05) is 0 Å². The van der Waals surface area contributed by atoms with Crippen LogP contribution in [0, 0.1) is 13.8 Å². The number of furan rings is 1. The molecule has 0 bridgehead atoms. The Morgan fingerprint density at radius 2 is 1.55 bits per heavy atom. The highest BCUT2D eigenvalue weighted by Gasteiger charge is 2.31. The van der Waals surface area contributed by atoms with Crippen molar-refractivity contribution in [2.24, 2.45) is 0 Å². The summed E-state index contributed by atoms with van der Waals surface area (Å²) in [7, 11) is 0. The van der Waals surface area contributed by atoms with Gasteiger partial charge in [-0.15, -0.1) is 0 Å². The molecule has 0 fully saturated rings. The molecule has 0 aliphatic rings. The summed E-state index contributed by atoms with van der Waals surface area (Å²) in [5, 5.41) is 1.59. The van der Waals surface area contributed by atoms with Crippen LogP contribution in [-0.4, -0.2) is 9.97 Å². The highest BCUT2D eigenvalue weighted by atomic mass is 19.4. The molecular weight excluding hydrogens is 401 g/mol. The lowest BCUT2D eigenvalue weighted by Gasteiger charge is -2.08. The Kier molecular flexibility index (Phi) is 4.32. The maximum absolute atomic E-state index is 13.2. The number of para-hydroxylation sites is 1. The zero-order valence-electron chi connectivity index (χ0n) is 16.8. The van der Waals surface area contributed by atoms with Crippen LogP contribution in [0.2, 0.25) is 0 Å². The van der Waals surface area contributed by atoms with Crippen LogP contribution in [0.4, 0.5) is 13.2 Å². The van der Waals surface area contributed by atoms with E-state index >= 15 is 0 Å². The molecule has 5 aromatic rings. The highest BCUT2D eigenvalue weighted by Crippen LogP contribution is 2.37. The SMILES string of the molecule is Cc1cccc(C)c1-c1ccc2c(n1)oc1c(-c3cc(C(F)(F)F)ccn3)cccc12. The van der Waals surface area contributed by atoms with E-state index < -0.39 is 11.7 Å². The Morgan fingerprint density at radius 1 is 0.806 bits per heavy atom. The summed E-state index contributed by atoms with van der Waals surface area (Å²) in [5.74, 6) is 0. The van der Waals surface area contributed by atoms with Gasteiger partial charge < -0.3 is 4.42 Å². The quantitative estimate of drug-likeness (QED) is 0.301. The number of nitrogens with zero attached hydrogens (tertiary/aromatic N) is 2. The Labute approximate surface area is 176 Å². The van der Waals surface area contributed by atoms with Crippen molar-refractivity contribution in [3.8, 4) is 22.5 Å². The fourth-order valence-electron chi connectivity index (χ4n) is 3.99. The van der Waals surface area contributed by atoms with Crippen LogP contribution >= 0.6 is 0 Å². The van der Waals surface area contributed by atoms with E-state index in [1.54, 1.807) is 12.1 Å². The molecule has 0 saturated heterocycles. The molecule has 0 amide bonds. The summed E-state index contributed by atoms with van der Waals surface area (Å²) < 4.78 is 45.6. The van der Waals surface area contributed by atoms with Crippen LogP contribution < -0.4 is 0 Å². The van der Waals surface area contributed by atoms with Crippen LogP contribution in [0.3, 0.4) is 0 Å². The third-order valence-electron chi connectivity index (χ3n) is 5.46. The largest absolute Gasteiger partial charge is 0.437 e. The van der Waals surface area contributed by atoms with Crippen LogP contribution in [-0.2, 0) is 6.18 Å². The fourth-order valence-corrected chi connectivity index (χ4v) is 3.99. The van der Waals surface area contributed by atoms with Gasteiger partial charge in [0.15, 0.2) is 0 Å². The minimum absolute atomic E-state index is 0.203. The molecule has 0 unspecified atom stereocenters. The summed E-state index contributed by atoms with van der Waals surface area (Å²) in [6, 6.07) is 17.3. The lowest BCUT2D eigenvalue weighted by molar-refractivity contribution is -0.137. The molecule has 0 spiro atoms. The maximum Gasteiger partial charge on any atom is 0.416 e. The average Bonchev–Trinajstić information content (AvgIpc) is 3.11. The van der Waals surface area contributed by atoms with Crippen molar-refractivity contribution in [3.05, 3.63) is 83.6 Å². The number of aryl methyl sites for hydroxylation is 2. The van der Waals surface area contributed by atoms with Crippen molar-refractivity contribution < 1.29 is 17.6 Å². The third-order valence-corrected chi connectivity index (χ3v) is 5.46. The van der Waals surface area contributed by atoms with Crippen LogP contribution in [0.25, 0.3) is 44.6 Å². The Morgan fingerprint density at radius 3 is 2.29 bits per heavy atom. The van der Waals surface area contributed by atoms with Crippen LogP contribution in [0.5, 0.6) is 0 Å². The van der Waals surface area contributed by atoms with E-state index in [-0.39, 0.29) is 5.69 Å². The molecule has 5 rings (SSSR count). The van der Waals surface area contributed by atoms with Gasteiger partial charge in [-0.25, -0.2) is 4.98 Å². The predicted molar refractivity (Wildman–Crippen MR) is 115 cm³/mol. The zero-order chi connectivity index (χ0) is 21.8. The molecule has 0 atom stereocenters. The molecule has 0 aliphatic carbocycles. The van der Waals surface area contributed by atoms with Crippen molar-refractivity contribution in [1.29, 1.82) is 0 Å². The Balaban J connectivity index is 1.71. The summed E-state index contributed by atoms with van der Waals surface area (Å²) in [4.78, 5) is 8.88. The first-order valence-electron chi connectivity index (χ1n) is 9.75. The van der Waals surface area contributed by atoms with Crippen molar-refractivity contribution in [3.63, 3.8) is 0 Å². The molecular formula is C25H17F3N2O. The van der Waals surface area contributed by atoms with Crippen LogP contribution in [0.1, 0.15) is 16.7 Å². The standard InChI is InChI=1S/C25H17F3N2O/c1-14-5-3-6-15(2)22(14)20-10-9-18-17-7-4-8-19(23(17)31-24(18)30-20)21-13-16(11-12-29-21)25(26,27)28/h3-13H,1-2H3. The highest BCUT2D eigenvalue weighted by molar-refractivity contribution is 6.08. The average molecular weight is 418 g/mol. The van der Waals surface area contributed by atoms with E-state index in [4.69, 9.17) is 9.40 Å². The number of benzene rings is 2. The number of rotatable bonds is 2. The summed E-state index contributed by atoms with van der Waals surface area (Å²) in [6.07, 6.45) is -3.28. The summed E-state index contributed by atoms with van der Waals surface area (Å²) in [5.41, 5.74) is 4.91. The topological polar surface area (TPSA) is 38.9 Å². The van der Waals surface area contributed by atoms with Gasteiger partial charge >= 0.3 is 6.18 Å². The minimum atomic E-state index is -4.44. The normalized spacial score (nSPS) is 12.0. The van der Waals surface area contributed by atoms with E-state index in [9.17, 15) is 13.2 Å². The number of hydrogen-bond acceptors (Lipinski definition) is 3. The molecule has 2 aromatic carbocycles. The van der Waals surface area contributed by atoms with Gasteiger partial charge in [0.25, 0.3) is 0 Å². The molecule has 3 nitrogen and oxygen atoms in total. The fraction of sp³-hybridized carbons (Fsp3) is 0.120. The molecule has 3 heterocycles. The number of fused-ring (bicyclic) bond motifs is 3. The number of halogens is 3. The van der Waals surface area contributed by atoms with Crippen molar-refractivity contribution in [2.45, 2.75) is 20.0 Å². The van der Waals surface area contributed by atoms with E-state index in [0.29, 0.717) is 16.9 Å². The molecule has 31 heavy (non-hydrogen) atoms. The van der Waals surface area contributed by atoms with Gasteiger partial charge in [0.05, 0.1) is 17.0 Å². The number of hydrogen-bond donors (Lipinski definition) is 0. The zero-order valence-corrected chi connectivity index (χ0v) is 16.8. The van der Waals surface area contributed by atoms with Gasteiger partial charge in [0.2, 0.25) is 5.71 Å². The molecule has 0 radical (unpaired) electrons. The van der Waals surface area contributed by atoms with Gasteiger partial charge in [0.1, 0.15) is 5.58 Å².